The van der Waals surface area contributed by atoms with Gasteiger partial charge in [-0.1, -0.05) is 42.8 Å². The number of amides is 2. The van der Waals surface area contributed by atoms with Crippen LogP contribution in [0.1, 0.15) is 44.2 Å². The van der Waals surface area contributed by atoms with E-state index in [9.17, 15) is 18.0 Å². The summed E-state index contributed by atoms with van der Waals surface area (Å²) >= 11 is 6.00. The van der Waals surface area contributed by atoms with E-state index in [4.69, 9.17) is 16.3 Å². The minimum absolute atomic E-state index is 0.0147. The van der Waals surface area contributed by atoms with E-state index in [1.165, 1.54) is 12.1 Å². The Bertz CT molecular complexity index is 1120. The summed E-state index contributed by atoms with van der Waals surface area (Å²) in [6, 6.07) is 13.0. The van der Waals surface area contributed by atoms with Crippen molar-refractivity contribution >= 4 is 33.4 Å². The molecule has 1 fully saturated rings. The standard InChI is InChI=1S/C26H34ClN3O5S/c1-3-29-36(33,34)24-13-8-20(9-14-24)10-15-25(31)30(18-21-6-11-22(27)12-7-21)19(2)26(32)28-17-23-5-4-16-35-23/h6-9,11-14,19,23,29H,3-5,10,15-18H2,1-2H3,(H,28,32)/t19-,23-/m0/s1. The molecular formula is C26H34ClN3O5S. The summed E-state index contributed by atoms with van der Waals surface area (Å²) in [4.78, 5) is 27.9. The Labute approximate surface area is 218 Å². The molecule has 1 saturated heterocycles. The van der Waals surface area contributed by atoms with E-state index >= 15 is 0 Å². The van der Waals surface area contributed by atoms with Crippen LogP contribution >= 0.6 is 11.6 Å². The molecule has 0 radical (unpaired) electrons. The minimum atomic E-state index is -3.53. The Morgan fingerprint density at radius 2 is 1.78 bits per heavy atom. The number of nitrogens with zero attached hydrogens (tertiary/aromatic N) is 1. The van der Waals surface area contributed by atoms with Crippen LogP contribution in [0.2, 0.25) is 5.02 Å². The normalized spacial score (nSPS) is 16.5. The molecule has 3 rings (SSSR count). The van der Waals surface area contributed by atoms with Crippen LogP contribution in [-0.4, -0.2) is 57.0 Å². The van der Waals surface area contributed by atoms with Gasteiger partial charge in [-0.2, -0.15) is 0 Å². The maximum atomic E-state index is 13.3. The molecule has 8 nitrogen and oxygen atoms in total. The lowest BCUT2D eigenvalue weighted by atomic mass is 10.1. The van der Waals surface area contributed by atoms with E-state index in [1.807, 2.05) is 12.1 Å². The zero-order valence-corrected chi connectivity index (χ0v) is 22.3. The third-order valence-corrected chi connectivity index (χ3v) is 7.97. The Kier molecular flexibility index (Phi) is 10.3. The van der Waals surface area contributed by atoms with Crippen LogP contribution in [-0.2, 0) is 37.3 Å². The first-order chi connectivity index (χ1) is 17.2. The number of benzene rings is 2. The molecule has 2 atom stereocenters. The predicted molar refractivity (Wildman–Crippen MR) is 139 cm³/mol. The van der Waals surface area contributed by atoms with E-state index in [-0.39, 0.29) is 35.8 Å². The van der Waals surface area contributed by atoms with Gasteiger partial charge in [0, 0.05) is 37.7 Å². The average Bonchev–Trinajstić information content (AvgIpc) is 3.39. The molecule has 10 heteroatoms. The minimum Gasteiger partial charge on any atom is -0.376 e. The Balaban J connectivity index is 1.66. The number of sulfonamides is 1. The molecule has 36 heavy (non-hydrogen) atoms. The van der Waals surface area contributed by atoms with Gasteiger partial charge in [-0.05, 0) is 61.6 Å². The predicted octanol–water partition coefficient (Wildman–Crippen LogP) is 3.28. The van der Waals surface area contributed by atoms with E-state index in [0.717, 1.165) is 24.0 Å². The zero-order chi connectivity index (χ0) is 26.1. The molecule has 1 aliphatic heterocycles. The fraction of sp³-hybridized carbons (Fsp3) is 0.462. The van der Waals surface area contributed by atoms with Crippen LogP contribution in [0.4, 0.5) is 0 Å². The molecule has 0 aliphatic carbocycles. The lowest BCUT2D eigenvalue weighted by molar-refractivity contribution is -0.140. The zero-order valence-electron chi connectivity index (χ0n) is 20.7. The van der Waals surface area contributed by atoms with Gasteiger partial charge in [0.2, 0.25) is 21.8 Å². The molecule has 0 saturated carbocycles. The van der Waals surface area contributed by atoms with Crippen molar-refractivity contribution < 1.29 is 22.7 Å². The topological polar surface area (TPSA) is 105 Å². The van der Waals surface area contributed by atoms with Gasteiger partial charge in [0.15, 0.2) is 0 Å². The molecule has 2 aromatic rings. The maximum Gasteiger partial charge on any atom is 0.242 e. The van der Waals surface area contributed by atoms with Crippen LogP contribution < -0.4 is 10.0 Å². The van der Waals surface area contributed by atoms with Crippen molar-refractivity contribution in [3.05, 3.63) is 64.7 Å². The van der Waals surface area contributed by atoms with E-state index < -0.39 is 16.1 Å². The second-order valence-corrected chi connectivity index (χ2v) is 11.1. The largest absolute Gasteiger partial charge is 0.376 e. The van der Waals surface area contributed by atoms with Crippen LogP contribution in [0, 0.1) is 0 Å². The summed E-state index contributed by atoms with van der Waals surface area (Å²) in [6.45, 7) is 5.15. The summed E-state index contributed by atoms with van der Waals surface area (Å²) in [7, 11) is -3.53. The van der Waals surface area contributed by atoms with E-state index in [0.29, 0.717) is 31.1 Å². The van der Waals surface area contributed by atoms with Crippen LogP contribution in [0.25, 0.3) is 0 Å². The van der Waals surface area contributed by atoms with Crippen molar-refractivity contribution in [3.63, 3.8) is 0 Å². The van der Waals surface area contributed by atoms with Crippen LogP contribution in [0.5, 0.6) is 0 Å². The van der Waals surface area contributed by atoms with E-state index in [1.54, 1.807) is 43.0 Å². The second-order valence-electron chi connectivity index (χ2n) is 8.85. The van der Waals surface area contributed by atoms with Crippen molar-refractivity contribution in [1.29, 1.82) is 0 Å². The number of carbonyl (C=O) groups excluding carboxylic acids is 2. The molecule has 1 heterocycles. The highest BCUT2D eigenvalue weighted by Crippen LogP contribution is 2.17. The average molecular weight is 536 g/mol. The molecule has 1 aliphatic rings. The molecule has 196 valence electrons. The third kappa shape index (κ3) is 8.03. The smallest absolute Gasteiger partial charge is 0.242 e. The molecule has 2 aromatic carbocycles. The SMILES string of the molecule is CCNS(=O)(=O)c1ccc(CCC(=O)N(Cc2ccc(Cl)cc2)[C@@H](C)C(=O)NC[C@@H]2CCCO2)cc1. The molecule has 0 bridgehead atoms. The lowest BCUT2D eigenvalue weighted by Crippen LogP contribution is -2.49. The van der Waals surface area contributed by atoms with Crippen LogP contribution in [0.3, 0.4) is 0 Å². The Hall–Kier alpha value is -2.46. The monoisotopic (exact) mass is 535 g/mol. The molecule has 2 amide bonds. The first-order valence-electron chi connectivity index (χ1n) is 12.2. The highest BCUT2D eigenvalue weighted by Gasteiger charge is 2.27. The fourth-order valence-corrected chi connectivity index (χ4v) is 5.21. The highest BCUT2D eigenvalue weighted by molar-refractivity contribution is 7.89. The van der Waals surface area contributed by atoms with Gasteiger partial charge >= 0.3 is 0 Å². The van der Waals surface area contributed by atoms with Crippen molar-refractivity contribution in [2.75, 3.05) is 19.7 Å². The maximum absolute atomic E-state index is 13.3. The number of carbonyl (C=O) groups is 2. The first kappa shape index (κ1) is 28.1. The Morgan fingerprint density at radius 1 is 1.11 bits per heavy atom. The summed E-state index contributed by atoms with van der Waals surface area (Å²) in [5.41, 5.74) is 1.70. The number of rotatable bonds is 12. The molecule has 0 unspecified atom stereocenters. The summed E-state index contributed by atoms with van der Waals surface area (Å²) in [5.74, 6) is -0.403. The number of hydrogen-bond donors (Lipinski definition) is 2. The van der Waals surface area contributed by atoms with Gasteiger partial charge in [-0.3, -0.25) is 9.59 Å². The molecule has 0 spiro atoms. The van der Waals surface area contributed by atoms with Crippen molar-refractivity contribution in [2.45, 2.75) is 63.1 Å². The number of aryl methyl sites for hydroxylation is 1. The van der Waals surface area contributed by atoms with Gasteiger partial charge in [0.1, 0.15) is 6.04 Å². The van der Waals surface area contributed by atoms with Gasteiger partial charge in [-0.15, -0.1) is 0 Å². The van der Waals surface area contributed by atoms with Gasteiger partial charge in [0.05, 0.1) is 11.0 Å². The van der Waals surface area contributed by atoms with Crippen molar-refractivity contribution in [3.8, 4) is 0 Å². The number of hydrogen-bond acceptors (Lipinski definition) is 5. The van der Waals surface area contributed by atoms with Gasteiger partial charge < -0.3 is 15.0 Å². The van der Waals surface area contributed by atoms with Gasteiger partial charge in [-0.25, -0.2) is 13.1 Å². The second kappa shape index (κ2) is 13.2. The fourth-order valence-electron chi connectivity index (χ4n) is 4.04. The van der Waals surface area contributed by atoms with E-state index in [2.05, 4.69) is 10.0 Å². The lowest BCUT2D eigenvalue weighted by Gasteiger charge is -2.29. The number of ether oxygens (including phenoxy) is 1. The third-order valence-electron chi connectivity index (χ3n) is 6.16. The number of halogens is 1. The summed E-state index contributed by atoms with van der Waals surface area (Å²) in [6.07, 6.45) is 2.51. The first-order valence-corrected chi connectivity index (χ1v) is 14.1. The van der Waals surface area contributed by atoms with Crippen LogP contribution in [0.15, 0.2) is 53.4 Å². The molecule has 2 N–H and O–H groups in total. The summed E-state index contributed by atoms with van der Waals surface area (Å²) in [5, 5.41) is 3.51. The van der Waals surface area contributed by atoms with Crippen molar-refractivity contribution in [2.24, 2.45) is 0 Å². The molecule has 0 aromatic heterocycles. The van der Waals surface area contributed by atoms with Gasteiger partial charge in [0.25, 0.3) is 0 Å². The quantitative estimate of drug-likeness (QED) is 0.434. The van der Waals surface area contributed by atoms with Crippen molar-refractivity contribution in [1.82, 2.24) is 14.9 Å². The molecular weight excluding hydrogens is 502 g/mol. The summed E-state index contributed by atoms with van der Waals surface area (Å²) < 4.78 is 32.3. The Morgan fingerprint density at radius 3 is 2.39 bits per heavy atom. The number of nitrogens with one attached hydrogen (secondary N) is 2. The highest BCUT2D eigenvalue weighted by atomic mass is 35.5.